The normalized spacial score (nSPS) is 11.1. The molecule has 0 saturated carbocycles. The number of rotatable bonds is 5. The average molecular weight is 305 g/mol. The fourth-order valence-corrected chi connectivity index (χ4v) is 1.73. The lowest BCUT2D eigenvalue weighted by Gasteiger charge is -2.13. The molecule has 0 aliphatic rings. The van der Waals surface area contributed by atoms with Crippen molar-refractivity contribution in [2.24, 2.45) is 0 Å². The number of aliphatic carboxylic acids is 1. The number of benzene rings is 1. The van der Waals surface area contributed by atoms with Crippen molar-refractivity contribution in [3.05, 3.63) is 28.8 Å². The molecule has 2 N–H and O–H groups in total. The van der Waals surface area contributed by atoms with Crippen LogP contribution in [0.15, 0.2) is 12.1 Å². The number of carbonyl (C=O) groups excluding carboxylic acids is 1. The molecule has 1 aromatic carbocycles. The average Bonchev–Trinajstić information content (AvgIpc) is 2.33. The van der Waals surface area contributed by atoms with Crippen LogP contribution in [0.2, 0.25) is 0 Å². The Morgan fingerprint density at radius 2 is 1.76 bits per heavy atom. The fraction of sp³-hybridized carbons (Fsp3) is 0.385. The van der Waals surface area contributed by atoms with Crippen LogP contribution in [0.25, 0.3) is 0 Å². The Morgan fingerprint density at radius 3 is 2.19 bits per heavy atom. The van der Waals surface area contributed by atoms with Crippen molar-refractivity contribution in [1.82, 2.24) is 5.32 Å². The fourth-order valence-electron chi connectivity index (χ4n) is 1.73. The third-order valence-corrected chi connectivity index (χ3v) is 2.51. The van der Waals surface area contributed by atoms with Crippen LogP contribution in [-0.4, -0.2) is 36.3 Å². The van der Waals surface area contributed by atoms with Crippen LogP contribution in [0, 0.1) is 13.8 Å². The van der Waals surface area contributed by atoms with Crippen molar-refractivity contribution in [2.45, 2.75) is 20.0 Å². The minimum atomic E-state index is -4.48. The lowest BCUT2D eigenvalue weighted by atomic mass is 10.1. The van der Waals surface area contributed by atoms with Crippen LogP contribution >= 0.6 is 0 Å². The van der Waals surface area contributed by atoms with E-state index in [-0.39, 0.29) is 5.56 Å². The Kier molecular flexibility index (Phi) is 5.17. The molecule has 0 aromatic heterocycles. The molecule has 0 radical (unpaired) electrons. The second-order valence-corrected chi connectivity index (χ2v) is 4.42. The van der Waals surface area contributed by atoms with E-state index in [4.69, 9.17) is 9.84 Å². The van der Waals surface area contributed by atoms with Gasteiger partial charge in [-0.1, -0.05) is 0 Å². The van der Waals surface area contributed by atoms with Crippen LogP contribution < -0.4 is 10.1 Å². The monoisotopic (exact) mass is 305 g/mol. The van der Waals surface area contributed by atoms with Gasteiger partial charge in [0, 0.05) is 5.56 Å². The molecule has 1 amide bonds. The third-order valence-electron chi connectivity index (χ3n) is 2.51. The van der Waals surface area contributed by atoms with E-state index < -0.39 is 31.2 Å². The number of aryl methyl sites for hydroxylation is 2. The van der Waals surface area contributed by atoms with Crippen LogP contribution in [0.5, 0.6) is 5.75 Å². The molecule has 0 fully saturated rings. The summed E-state index contributed by atoms with van der Waals surface area (Å²) in [6.07, 6.45) is -4.48. The van der Waals surface area contributed by atoms with Crippen molar-refractivity contribution in [2.75, 3.05) is 13.2 Å². The number of carbonyl (C=O) groups is 2. The molecule has 0 aliphatic heterocycles. The van der Waals surface area contributed by atoms with Crippen LogP contribution in [0.3, 0.4) is 0 Å². The molecular formula is C13H14F3NO4. The van der Waals surface area contributed by atoms with Gasteiger partial charge in [0.1, 0.15) is 12.3 Å². The number of hydrogen-bond acceptors (Lipinski definition) is 3. The Bertz CT molecular complexity index is 532. The third kappa shape index (κ3) is 5.33. The van der Waals surface area contributed by atoms with Crippen LogP contribution in [0.1, 0.15) is 21.5 Å². The highest BCUT2D eigenvalue weighted by Crippen LogP contribution is 2.25. The summed E-state index contributed by atoms with van der Waals surface area (Å²) in [5.74, 6) is -1.71. The summed E-state index contributed by atoms with van der Waals surface area (Å²) in [7, 11) is 0. The molecule has 1 rings (SSSR count). The van der Waals surface area contributed by atoms with Crippen LogP contribution in [0.4, 0.5) is 13.2 Å². The highest BCUT2D eigenvalue weighted by atomic mass is 19.4. The first-order valence-electron chi connectivity index (χ1n) is 5.91. The van der Waals surface area contributed by atoms with Gasteiger partial charge in [0.25, 0.3) is 5.91 Å². The molecule has 0 saturated heterocycles. The standard InChI is InChI=1S/C13H14F3NO4/c1-7-3-9(12(20)17-6-13(14,15)16)4-8(2)11(7)21-5-10(18)19/h3-4H,5-6H2,1-2H3,(H,17,20)(H,18,19). The van der Waals surface area contributed by atoms with E-state index in [2.05, 4.69) is 0 Å². The highest BCUT2D eigenvalue weighted by Gasteiger charge is 2.28. The minimum absolute atomic E-state index is 0.0527. The number of carboxylic acids is 1. The first-order valence-corrected chi connectivity index (χ1v) is 5.91. The molecule has 116 valence electrons. The second-order valence-electron chi connectivity index (χ2n) is 4.42. The van der Waals surface area contributed by atoms with E-state index in [1.165, 1.54) is 12.1 Å². The first kappa shape index (κ1) is 16.8. The number of nitrogens with one attached hydrogen (secondary N) is 1. The number of halogens is 3. The van der Waals surface area contributed by atoms with Crippen molar-refractivity contribution in [3.8, 4) is 5.75 Å². The zero-order valence-corrected chi connectivity index (χ0v) is 11.4. The summed E-state index contributed by atoms with van der Waals surface area (Å²) in [5.41, 5.74) is 0.985. The summed E-state index contributed by atoms with van der Waals surface area (Å²) in [5, 5.41) is 10.3. The number of alkyl halides is 3. The summed E-state index contributed by atoms with van der Waals surface area (Å²) >= 11 is 0. The Balaban J connectivity index is 2.87. The van der Waals surface area contributed by atoms with E-state index in [1.54, 1.807) is 19.2 Å². The maximum absolute atomic E-state index is 12.0. The van der Waals surface area contributed by atoms with Crippen molar-refractivity contribution in [3.63, 3.8) is 0 Å². The van der Waals surface area contributed by atoms with E-state index in [0.29, 0.717) is 16.9 Å². The van der Waals surface area contributed by atoms with Gasteiger partial charge in [-0.15, -0.1) is 0 Å². The van der Waals surface area contributed by atoms with E-state index in [9.17, 15) is 22.8 Å². The van der Waals surface area contributed by atoms with Crippen molar-refractivity contribution in [1.29, 1.82) is 0 Å². The number of hydrogen-bond donors (Lipinski definition) is 2. The van der Waals surface area contributed by atoms with Crippen LogP contribution in [-0.2, 0) is 4.79 Å². The predicted molar refractivity (Wildman–Crippen MR) is 67.4 cm³/mol. The molecule has 0 spiro atoms. The summed E-state index contributed by atoms with van der Waals surface area (Å²) < 4.78 is 41.2. The number of carboxylic acid groups (broad SMARTS) is 1. The topological polar surface area (TPSA) is 75.6 Å². The minimum Gasteiger partial charge on any atom is -0.481 e. The van der Waals surface area contributed by atoms with Gasteiger partial charge < -0.3 is 15.2 Å². The molecule has 0 heterocycles. The summed E-state index contributed by atoms with van der Waals surface area (Å²) in [4.78, 5) is 22.1. The summed E-state index contributed by atoms with van der Waals surface area (Å²) in [6.45, 7) is 1.19. The van der Waals surface area contributed by atoms with Gasteiger partial charge in [0.15, 0.2) is 6.61 Å². The van der Waals surface area contributed by atoms with Gasteiger partial charge in [-0.25, -0.2) is 4.79 Å². The van der Waals surface area contributed by atoms with Gasteiger partial charge in [0.05, 0.1) is 0 Å². The first-order chi connectivity index (χ1) is 9.60. The molecule has 1 aromatic rings. The van der Waals surface area contributed by atoms with Gasteiger partial charge in [0.2, 0.25) is 0 Å². The Morgan fingerprint density at radius 1 is 1.24 bits per heavy atom. The molecule has 0 bridgehead atoms. The van der Waals surface area contributed by atoms with Gasteiger partial charge in [-0.2, -0.15) is 13.2 Å². The highest BCUT2D eigenvalue weighted by molar-refractivity contribution is 5.95. The largest absolute Gasteiger partial charge is 0.481 e. The SMILES string of the molecule is Cc1cc(C(=O)NCC(F)(F)F)cc(C)c1OCC(=O)O. The van der Waals surface area contributed by atoms with E-state index in [0.717, 1.165) is 0 Å². The zero-order valence-electron chi connectivity index (χ0n) is 11.4. The van der Waals surface area contributed by atoms with E-state index >= 15 is 0 Å². The maximum atomic E-state index is 12.0. The maximum Gasteiger partial charge on any atom is 0.405 e. The van der Waals surface area contributed by atoms with Gasteiger partial charge >= 0.3 is 12.1 Å². The van der Waals surface area contributed by atoms with Gasteiger partial charge in [-0.3, -0.25) is 4.79 Å². The Hall–Kier alpha value is -2.25. The lowest BCUT2D eigenvalue weighted by Crippen LogP contribution is -2.33. The molecule has 5 nitrogen and oxygen atoms in total. The molecule has 0 aliphatic carbocycles. The molecule has 21 heavy (non-hydrogen) atoms. The summed E-state index contributed by atoms with van der Waals surface area (Å²) in [6, 6.07) is 2.69. The van der Waals surface area contributed by atoms with Crippen molar-refractivity contribution < 1.29 is 32.6 Å². The molecule has 8 heteroatoms. The van der Waals surface area contributed by atoms with Crippen molar-refractivity contribution >= 4 is 11.9 Å². The van der Waals surface area contributed by atoms with Gasteiger partial charge in [-0.05, 0) is 37.1 Å². The zero-order chi connectivity index (χ0) is 16.2. The number of amides is 1. The molecular weight excluding hydrogens is 291 g/mol. The predicted octanol–water partition coefficient (Wildman–Crippen LogP) is 2.06. The Labute approximate surface area is 118 Å². The second kappa shape index (κ2) is 6.47. The lowest BCUT2D eigenvalue weighted by molar-refractivity contribution is -0.139. The molecule has 0 atom stereocenters. The van der Waals surface area contributed by atoms with E-state index in [1.807, 2.05) is 0 Å². The quantitative estimate of drug-likeness (QED) is 0.873. The number of ether oxygens (including phenoxy) is 1. The smallest absolute Gasteiger partial charge is 0.405 e. The molecule has 0 unspecified atom stereocenters.